The van der Waals surface area contributed by atoms with Gasteiger partial charge in [-0.3, -0.25) is 4.79 Å². The number of hydrogen-bond donors (Lipinski definition) is 0. The maximum atomic E-state index is 11.6. The quantitative estimate of drug-likeness (QED) is 0.625. The number of halogens is 2. The minimum absolute atomic E-state index is 0.142. The number of benzene rings is 2. The molecule has 2 rings (SSSR count). The van der Waals surface area contributed by atoms with Crippen LogP contribution in [0.3, 0.4) is 0 Å². The molecule has 0 aromatic heterocycles. The second-order valence-electron chi connectivity index (χ2n) is 3.83. The van der Waals surface area contributed by atoms with E-state index in [1.54, 1.807) is 0 Å². The Morgan fingerprint density at radius 1 is 0.850 bits per heavy atom. The van der Waals surface area contributed by atoms with Crippen LogP contribution in [0.25, 0.3) is 10.8 Å². The predicted molar refractivity (Wildman–Crippen MR) is 75.4 cm³/mol. The zero-order valence-electron chi connectivity index (χ0n) is 9.58. The Morgan fingerprint density at radius 3 is 1.80 bits per heavy atom. The topological polar surface area (TPSA) is 85.3 Å². The first kappa shape index (κ1) is 15.2. The summed E-state index contributed by atoms with van der Waals surface area (Å²) >= 11 is 0. The van der Waals surface area contributed by atoms with Crippen molar-refractivity contribution >= 4 is 56.5 Å². The number of aldehydes is 1. The van der Waals surface area contributed by atoms with E-state index < -0.39 is 27.9 Å². The van der Waals surface area contributed by atoms with Crippen molar-refractivity contribution in [3.05, 3.63) is 35.9 Å². The van der Waals surface area contributed by atoms with Crippen LogP contribution in [0, 0.1) is 0 Å². The highest BCUT2D eigenvalue weighted by Gasteiger charge is 2.24. The number of hydrogen-bond acceptors (Lipinski definition) is 5. The highest BCUT2D eigenvalue weighted by molar-refractivity contribution is 8.14. The normalized spacial score (nSPS) is 12.5. The third-order valence-corrected chi connectivity index (χ3v) is 5.38. The van der Waals surface area contributed by atoms with E-state index in [1.807, 2.05) is 0 Å². The van der Waals surface area contributed by atoms with Gasteiger partial charge in [-0.15, -0.1) is 0 Å². The molecule has 0 aliphatic rings. The summed E-state index contributed by atoms with van der Waals surface area (Å²) in [6.45, 7) is 0. The van der Waals surface area contributed by atoms with Crippen molar-refractivity contribution in [2.75, 3.05) is 0 Å². The smallest absolute Gasteiger partial charge is 0.262 e. The third kappa shape index (κ3) is 2.67. The lowest BCUT2D eigenvalue weighted by atomic mass is 10.1. The Morgan fingerprint density at radius 2 is 1.35 bits per heavy atom. The molecule has 0 aliphatic heterocycles. The third-order valence-electron chi connectivity index (χ3n) is 2.65. The lowest BCUT2D eigenvalue weighted by Crippen LogP contribution is -2.03. The Labute approximate surface area is 124 Å². The van der Waals surface area contributed by atoms with Gasteiger partial charge in [0.25, 0.3) is 18.1 Å². The van der Waals surface area contributed by atoms with Crippen LogP contribution in [0.15, 0.2) is 40.1 Å². The summed E-state index contributed by atoms with van der Waals surface area (Å²) in [6, 6.07) is 6.69. The average molecular weight is 353 g/mol. The number of carbonyl (C=O) groups excluding carboxylic acids is 1. The molecule has 0 atom stereocenters. The Balaban J connectivity index is 3.16. The first-order valence-corrected chi connectivity index (χ1v) is 9.68. The Bertz CT molecular complexity index is 917. The molecule has 0 heterocycles. The zero-order chi connectivity index (χ0) is 15.1. The fourth-order valence-electron chi connectivity index (χ4n) is 1.87. The van der Waals surface area contributed by atoms with Crippen molar-refractivity contribution in [3.63, 3.8) is 0 Å². The van der Waals surface area contributed by atoms with Crippen LogP contribution < -0.4 is 0 Å². The molecule has 0 saturated heterocycles. The summed E-state index contributed by atoms with van der Waals surface area (Å²) < 4.78 is 46.1. The molecule has 0 spiro atoms. The number of carbonyl (C=O) groups is 1. The van der Waals surface area contributed by atoms with Crippen molar-refractivity contribution < 1.29 is 21.6 Å². The lowest BCUT2D eigenvalue weighted by molar-refractivity contribution is 0.112. The Hall–Kier alpha value is -1.15. The summed E-state index contributed by atoms with van der Waals surface area (Å²) in [4.78, 5) is 10.1. The molecule has 0 saturated carbocycles. The van der Waals surface area contributed by atoms with E-state index in [-0.39, 0.29) is 16.3 Å². The molecule has 0 unspecified atom stereocenters. The summed E-state index contributed by atoms with van der Waals surface area (Å²) in [5, 5.41) is 0.289. The van der Waals surface area contributed by atoms with Crippen LogP contribution in [0.4, 0.5) is 0 Å². The van der Waals surface area contributed by atoms with Gasteiger partial charge in [0.2, 0.25) is 0 Å². The SMILES string of the molecule is O=Cc1c(S(=O)(=O)Cl)cc(S(=O)(=O)Cl)c2ccccc12. The Kier molecular flexibility index (Phi) is 3.81. The largest absolute Gasteiger partial charge is 0.298 e. The molecule has 0 aliphatic carbocycles. The van der Waals surface area contributed by atoms with Crippen LogP contribution in [0.2, 0.25) is 0 Å². The molecule has 106 valence electrons. The second-order valence-corrected chi connectivity index (χ2v) is 8.89. The van der Waals surface area contributed by atoms with Gasteiger partial charge in [-0.2, -0.15) is 0 Å². The molecule has 0 N–H and O–H groups in total. The van der Waals surface area contributed by atoms with Crippen LogP contribution in [-0.2, 0) is 18.1 Å². The summed E-state index contributed by atoms with van der Waals surface area (Å²) in [5.41, 5.74) is -0.209. The van der Waals surface area contributed by atoms with Gasteiger partial charge in [-0.25, -0.2) is 16.8 Å². The first-order chi connectivity index (χ1) is 9.16. The maximum Gasteiger partial charge on any atom is 0.262 e. The van der Waals surface area contributed by atoms with Crippen molar-refractivity contribution in [1.82, 2.24) is 0 Å². The van der Waals surface area contributed by atoms with Gasteiger partial charge in [0.05, 0.1) is 9.79 Å². The molecule has 2 aromatic rings. The molecule has 0 bridgehead atoms. The molecular weight excluding hydrogens is 347 g/mol. The molecule has 9 heteroatoms. The molecule has 2 aromatic carbocycles. The molecule has 5 nitrogen and oxygen atoms in total. The van der Waals surface area contributed by atoms with Gasteiger partial charge >= 0.3 is 0 Å². The highest BCUT2D eigenvalue weighted by atomic mass is 35.7. The van der Waals surface area contributed by atoms with Gasteiger partial charge in [-0.05, 0) is 11.5 Å². The predicted octanol–water partition coefficient (Wildman–Crippen LogP) is 2.51. The van der Waals surface area contributed by atoms with Gasteiger partial charge in [0, 0.05) is 32.3 Å². The molecule has 20 heavy (non-hydrogen) atoms. The van der Waals surface area contributed by atoms with E-state index in [2.05, 4.69) is 0 Å². The van der Waals surface area contributed by atoms with Crippen molar-refractivity contribution in [2.45, 2.75) is 9.79 Å². The van der Waals surface area contributed by atoms with Crippen LogP contribution >= 0.6 is 21.4 Å². The zero-order valence-corrected chi connectivity index (χ0v) is 12.7. The lowest BCUT2D eigenvalue weighted by Gasteiger charge is -2.09. The van der Waals surface area contributed by atoms with Crippen molar-refractivity contribution in [1.29, 1.82) is 0 Å². The first-order valence-electron chi connectivity index (χ1n) is 5.06. The molecule has 0 fully saturated rings. The number of fused-ring (bicyclic) bond motifs is 1. The fraction of sp³-hybridized carbons (Fsp3) is 0. The molecular formula is C11H6Cl2O5S2. The van der Waals surface area contributed by atoms with Crippen molar-refractivity contribution in [2.24, 2.45) is 0 Å². The summed E-state index contributed by atoms with van der Waals surface area (Å²) in [6.07, 6.45) is 0.308. The van der Waals surface area contributed by atoms with Gasteiger partial charge in [0.1, 0.15) is 0 Å². The monoisotopic (exact) mass is 352 g/mol. The van der Waals surface area contributed by atoms with E-state index in [1.165, 1.54) is 24.3 Å². The highest BCUT2D eigenvalue weighted by Crippen LogP contribution is 2.33. The van der Waals surface area contributed by atoms with Crippen LogP contribution in [0.1, 0.15) is 10.4 Å². The van der Waals surface area contributed by atoms with Crippen molar-refractivity contribution in [3.8, 4) is 0 Å². The van der Waals surface area contributed by atoms with E-state index in [0.717, 1.165) is 6.07 Å². The van der Waals surface area contributed by atoms with E-state index in [4.69, 9.17) is 21.4 Å². The van der Waals surface area contributed by atoms with Gasteiger partial charge in [-0.1, -0.05) is 24.3 Å². The number of rotatable bonds is 3. The standard InChI is InChI=1S/C11H6Cl2O5S2/c12-19(15,16)10-5-11(20(13,17)18)9(6-14)7-3-1-2-4-8(7)10/h1-6H. The molecule has 0 amide bonds. The minimum atomic E-state index is -4.30. The van der Waals surface area contributed by atoms with E-state index >= 15 is 0 Å². The molecule has 0 radical (unpaired) electrons. The summed E-state index contributed by atoms with van der Waals surface area (Å²) in [7, 11) is 2.04. The maximum absolute atomic E-state index is 11.6. The van der Waals surface area contributed by atoms with Gasteiger partial charge in [0.15, 0.2) is 6.29 Å². The fourth-order valence-corrected chi connectivity index (χ4v) is 4.08. The second kappa shape index (κ2) is 5.00. The van der Waals surface area contributed by atoms with Gasteiger partial charge < -0.3 is 0 Å². The minimum Gasteiger partial charge on any atom is -0.298 e. The van der Waals surface area contributed by atoms with E-state index in [9.17, 15) is 21.6 Å². The van der Waals surface area contributed by atoms with E-state index in [0.29, 0.717) is 6.29 Å². The van der Waals surface area contributed by atoms with Crippen LogP contribution in [-0.4, -0.2) is 23.1 Å². The van der Waals surface area contributed by atoms with Crippen LogP contribution in [0.5, 0.6) is 0 Å². The summed E-state index contributed by atoms with van der Waals surface area (Å²) in [5.74, 6) is 0. The average Bonchev–Trinajstić information content (AvgIpc) is 2.34.